The summed E-state index contributed by atoms with van der Waals surface area (Å²) in [5.74, 6) is -6.72. The number of carbonyl (C=O) groups is 4. The molecule has 2 heterocycles. The Bertz CT molecular complexity index is 778. The van der Waals surface area contributed by atoms with E-state index in [0.717, 1.165) is 44.9 Å². The maximum atomic E-state index is 11.9. The molecule has 0 radical (unpaired) electrons. The fraction of sp³-hybridized carbons (Fsp3) is 0.680. The number of unbranched alkanes of at least 4 members (excludes halogenated alkanes) is 8. The molecular formula is C25H36O10. The number of carbonyl (C=O) groups excluding carboxylic acids is 4. The summed E-state index contributed by atoms with van der Waals surface area (Å²) in [5.41, 5.74) is -0.848. The van der Waals surface area contributed by atoms with Gasteiger partial charge in [-0.1, -0.05) is 44.9 Å². The van der Waals surface area contributed by atoms with Gasteiger partial charge in [0.1, 0.15) is 11.5 Å². The number of rotatable bonds is 12. The molecule has 0 spiro atoms. The van der Waals surface area contributed by atoms with Crippen molar-refractivity contribution in [3.63, 3.8) is 0 Å². The molecule has 2 saturated heterocycles. The minimum absolute atomic E-state index is 0.206. The van der Waals surface area contributed by atoms with Crippen LogP contribution in [0.3, 0.4) is 0 Å². The Morgan fingerprint density at radius 1 is 0.514 bits per heavy atom. The lowest BCUT2D eigenvalue weighted by Crippen LogP contribution is -2.42. The van der Waals surface area contributed by atoms with Crippen LogP contribution in [0.2, 0.25) is 0 Å². The first kappa shape index (κ1) is 28.2. The van der Waals surface area contributed by atoms with E-state index in [1.54, 1.807) is 0 Å². The van der Waals surface area contributed by atoms with Gasteiger partial charge in [-0.15, -0.1) is 0 Å². The number of hydrogen-bond acceptors (Lipinski definition) is 10. The Balaban J connectivity index is 1.55. The Morgan fingerprint density at radius 2 is 0.743 bits per heavy atom. The molecule has 0 amide bonds. The number of ether oxygens (including phenoxy) is 4. The van der Waals surface area contributed by atoms with E-state index >= 15 is 0 Å². The van der Waals surface area contributed by atoms with Gasteiger partial charge in [0.15, 0.2) is 11.1 Å². The second-order valence-electron chi connectivity index (χ2n) is 9.68. The van der Waals surface area contributed by atoms with Gasteiger partial charge < -0.3 is 29.2 Å². The predicted molar refractivity (Wildman–Crippen MR) is 123 cm³/mol. The summed E-state index contributed by atoms with van der Waals surface area (Å²) in [6.45, 7) is 5.80. The number of aliphatic hydroxyl groups excluding tert-OH is 2. The van der Waals surface area contributed by atoms with Crippen LogP contribution in [-0.2, 0) is 38.1 Å². The van der Waals surface area contributed by atoms with Gasteiger partial charge in [-0.2, -0.15) is 0 Å². The first-order valence-corrected chi connectivity index (χ1v) is 12.1. The first-order chi connectivity index (χ1) is 16.3. The molecule has 0 bridgehead atoms. The molecule has 10 heteroatoms. The van der Waals surface area contributed by atoms with Crippen molar-refractivity contribution in [2.24, 2.45) is 0 Å². The van der Waals surface area contributed by atoms with E-state index in [9.17, 15) is 29.4 Å². The third-order valence-electron chi connectivity index (χ3n) is 5.57. The van der Waals surface area contributed by atoms with Crippen LogP contribution in [0.1, 0.15) is 98.3 Å². The van der Waals surface area contributed by atoms with E-state index in [2.05, 4.69) is 0 Å². The lowest BCUT2D eigenvalue weighted by atomic mass is 10.0. The third-order valence-corrected chi connectivity index (χ3v) is 5.57. The summed E-state index contributed by atoms with van der Waals surface area (Å²) in [5, 5.41) is 20.2. The van der Waals surface area contributed by atoms with Crippen molar-refractivity contribution in [2.75, 3.05) is 0 Å². The molecule has 0 aromatic carbocycles. The van der Waals surface area contributed by atoms with Crippen LogP contribution in [-0.4, -0.2) is 45.7 Å². The van der Waals surface area contributed by atoms with E-state index < -0.39 is 46.6 Å². The van der Waals surface area contributed by atoms with Crippen LogP contribution < -0.4 is 0 Å². The summed E-state index contributed by atoms with van der Waals surface area (Å²) in [4.78, 5) is 47.7. The minimum Gasteiger partial charge on any atom is -0.511 e. The third kappa shape index (κ3) is 8.60. The van der Waals surface area contributed by atoms with Crippen molar-refractivity contribution in [3.05, 3.63) is 22.7 Å². The number of cyclic esters (lactones) is 4. The lowest BCUT2D eigenvalue weighted by molar-refractivity contribution is -0.224. The fourth-order valence-corrected chi connectivity index (χ4v) is 3.85. The number of hydrogen-bond donors (Lipinski definition) is 2. The van der Waals surface area contributed by atoms with Crippen molar-refractivity contribution in [1.82, 2.24) is 0 Å². The zero-order valence-electron chi connectivity index (χ0n) is 20.9. The highest BCUT2D eigenvalue weighted by Gasteiger charge is 2.42. The van der Waals surface area contributed by atoms with Crippen LogP contribution in [0.25, 0.3) is 0 Å². The highest BCUT2D eigenvalue weighted by molar-refractivity contribution is 6.16. The molecule has 0 saturated carbocycles. The van der Waals surface area contributed by atoms with Crippen molar-refractivity contribution in [2.45, 2.75) is 110 Å². The minimum atomic E-state index is -1.33. The van der Waals surface area contributed by atoms with Crippen LogP contribution >= 0.6 is 0 Å². The van der Waals surface area contributed by atoms with Crippen LogP contribution in [0.15, 0.2) is 22.7 Å². The van der Waals surface area contributed by atoms with Crippen LogP contribution in [0, 0.1) is 0 Å². The highest BCUT2D eigenvalue weighted by atomic mass is 16.7. The Kier molecular flexibility index (Phi) is 9.73. The van der Waals surface area contributed by atoms with E-state index in [1.165, 1.54) is 27.7 Å². The van der Waals surface area contributed by atoms with Crippen molar-refractivity contribution < 1.29 is 48.3 Å². The summed E-state index contributed by atoms with van der Waals surface area (Å²) in [6, 6.07) is 0. The summed E-state index contributed by atoms with van der Waals surface area (Å²) in [7, 11) is 0. The van der Waals surface area contributed by atoms with E-state index in [4.69, 9.17) is 18.9 Å². The molecule has 2 N–H and O–H groups in total. The van der Waals surface area contributed by atoms with Gasteiger partial charge in [-0.05, 0) is 12.8 Å². The van der Waals surface area contributed by atoms with Crippen molar-refractivity contribution in [1.29, 1.82) is 0 Å². The molecule has 196 valence electrons. The van der Waals surface area contributed by atoms with Gasteiger partial charge >= 0.3 is 23.9 Å². The molecule has 0 aromatic rings. The Morgan fingerprint density at radius 3 is 1.00 bits per heavy atom. The topological polar surface area (TPSA) is 146 Å². The molecule has 2 aliphatic rings. The summed E-state index contributed by atoms with van der Waals surface area (Å²) in [6.07, 6.45) is 8.34. The molecule has 2 aliphatic heterocycles. The molecule has 0 aliphatic carbocycles. The molecule has 2 fully saturated rings. The average molecular weight is 497 g/mol. The zero-order chi connectivity index (χ0) is 26.2. The maximum Gasteiger partial charge on any atom is 0.352 e. The van der Waals surface area contributed by atoms with Crippen molar-refractivity contribution in [3.8, 4) is 0 Å². The molecule has 0 atom stereocenters. The Hall–Kier alpha value is -3.04. The van der Waals surface area contributed by atoms with Gasteiger partial charge in [0.05, 0.1) is 0 Å². The maximum absolute atomic E-state index is 11.9. The van der Waals surface area contributed by atoms with Crippen molar-refractivity contribution >= 4 is 23.9 Å². The second kappa shape index (κ2) is 12.1. The molecule has 35 heavy (non-hydrogen) atoms. The largest absolute Gasteiger partial charge is 0.511 e. The molecular weight excluding hydrogens is 460 g/mol. The molecule has 0 unspecified atom stereocenters. The van der Waals surface area contributed by atoms with Crippen LogP contribution in [0.5, 0.6) is 0 Å². The van der Waals surface area contributed by atoms with E-state index in [1.807, 2.05) is 0 Å². The Labute approximate surface area is 205 Å². The van der Waals surface area contributed by atoms with Gasteiger partial charge in [-0.3, -0.25) is 0 Å². The lowest BCUT2D eigenvalue weighted by Gasteiger charge is -2.30. The van der Waals surface area contributed by atoms with Crippen LogP contribution in [0.4, 0.5) is 0 Å². The summed E-state index contributed by atoms with van der Waals surface area (Å²) >= 11 is 0. The highest BCUT2D eigenvalue weighted by Crippen LogP contribution is 2.27. The molecule has 2 rings (SSSR count). The average Bonchev–Trinajstić information content (AvgIpc) is 2.68. The quantitative estimate of drug-likeness (QED) is 0.129. The summed E-state index contributed by atoms with van der Waals surface area (Å²) < 4.78 is 19.9. The number of esters is 4. The molecule has 10 nitrogen and oxygen atoms in total. The van der Waals surface area contributed by atoms with E-state index in [-0.39, 0.29) is 24.4 Å². The van der Waals surface area contributed by atoms with Gasteiger partial charge in [0.25, 0.3) is 11.6 Å². The normalized spacial score (nSPS) is 19.0. The second-order valence-corrected chi connectivity index (χ2v) is 9.68. The molecule has 0 aromatic heterocycles. The smallest absolute Gasteiger partial charge is 0.352 e. The monoisotopic (exact) mass is 496 g/mol. The SMILES string of the molecule is CC1(C)OC(=O)C(=C(O)CCCCCCCCCCCC(O)=C2C(=O)OC(C)(C)OC2=O)C(=O)O1. The van der Waals surface area contributed by atoms with Gasteiger partial charge in [0.2, 0.25) is 0 Å². The van der Waals surface area contributed by atoms with E-state index in [0.29, 0.717) is 12.8 Å². The zero-order valence-corrected chi connectivity index (χ0v) is 20.9. The standard InChI is InChI=1S/C25H36O10/c1-24(2)32-20(28)18(21(29)33-24)16(26)14-12-10-8-6-5-7-9-11-13-15-17(27)19-22(30)34-25(3,4)35-23(19)31/h26-27H,5-15H2,1-4H3. The van der Waals surface area contributed by atoms with Gasteiger partial charge in [-0.25, -0.2) is 19.2 Å². The first-order valence-electron chi connectivity index (χ1n) is 12.1. The predicted octanol–water partition coefficient (Wildman–Crippen LogP) is 4.57. The number of aliphatic hydroxyl groups is 2. The fourth-order valence-electron chi connectivity index (χ4n) is 3.85. The number of allylic oxidation sites excluding steroid dienone is 2. The van der Waals surface area contributed by atoms with Gasteiger partial charge in [0, 0.05) is 40.5 Å².